The van der Waals surface area contributed by atoms with Crippen LogP contribution in [0.1, 0.15) is 11.4 Å². The molecule has 1 aromatic carbocycles. The second-order valence-electron chi connectivity index (χ2n) is 5.34. The van der Waals surface area contributed by atoms with Crippen molar-refractivity contribution in [2.24, 2.45) is 0 Å². The van der Waals surface area contributed by atoms with Crippen LogP contribution in [0.5, 0.6) is 0 Å². The minimum Gasteiger partial charge on any atom is -0.378 e. The summed E-state index contributed by atoms with van der Waals surface area (Å²) in [6, 6.07) is 6.38. The molecule has 4 nitrogen and oxygen atoms in total. The summed E-state index contributed by atoms with van der Waals surface area (Å²) in [6.07, 6.45) is 0.245. The van der Waals surface area contributed by atoms with E-state index < -0.39 is 0 Å². The third-order valence-electron chi connectivity index (χ3n) is 3.89. The molecular formula is C16H18FN3O. The predicted octanol–water partition coefficient (Wildman–Crippen LogP) is 2.73. The maximum Gasteiger partial charge on any atom is 0.155 e. The Morgan fingerprint density at radius 1 is 1.10 bits per heavy atom. The standard InChI is InChI=1S/C16H18FN3O/c1-10-11(2)19-16(20-8-14(9-20)21-3)15(18-10)12-4-6-13(17)7-5-12/h4-7,14H,8-9H2,1-3H3. The zero-order valence-electron chi connectivity index (χ0n) is 12.4. The summed E-state index contributed by atoms with van der Waals surface area (Å²) in [7, 11) is 1.72. The molecule has 21 heavy (non-hydrogen) atoms. The lowest BCUT2D eigenvalue weighted by molar-refractivity contribution is 0.0783. The highest BCUT2D eigenvalue weighted by Crippen LogP contribution is 2.31. The number of aromatic nitrogens is 2. The Morgan fingerprint density at radius 2 is 1.71 bits per heavy atom. The van der Waals surface area contributed by atoms with Gasteiger partial charge in [-0.05, 0) is 38.1 Å². The van der Waals surface area contributed by atoms with Crippen molar-refractivity contribution >= 4 is 5.82 Å². The van der Waals surface area contributed by atoms with Crippen LogP contribution in [0.4, 0.5) is 10.2 Å². The van der Waals surface area contributed by atoms with Gasteiger partial charge in [-0.15, -0.1) is 0 Å². The fourth-order valence-corrected chi connectivity index (χ4v) is 2.37. The molecule has 0 bridgehead atoms. The van der Waals surface area contributed by atoms with Crippen molar-refractivity contribution < 1.29 is 9.13 Å². The summed E-state index contributed by atoms with van der Waals surface area (Å²) in [5.74, 6) is 0.596. The second kappa shape index (κ2) is 5.41. The van der Waals surface area contributed by atoms with Gasteiger partial charge in [-0.1, -0.05) is 0 Å². The van der Waals surface area contributed by atoms with E-state index in [0.29, 0.717) is 0 Å². The predicted molar refractivity (Wildman–Crippen MR) is 79.9 cm³/mol. The van der Waals surface area contributed by atoms with Crippen LogP contribution in [0.2, 0.25) is 0 Å². The number of hydrogen-bond acceptors (Lipinski definition) is 4. The molecule has 0 N–H and O–H groups in total. The lowest BCUT2D eigenvalue weighted by Crippen LogP contribution is -2.52. The minimum absolute atomic E-state index is 0.245. The largest absolute Gasteiger partial charge is 0.378 e. The molecule has 2 aromatic rings. The summed E-state index contributed by atoms with van der Waals surface area (Å²) in [6.45, 7) is 5.50. The van der Waals surface area contributed by atoms with Gasteiger partial charge >= 0.3 is 0 Å². The Hall–Kier alpha value is -2.01. The Kier molecular flexibility index (Phi) is 3.59. The van der Waals surface area contributed by atoms with Crippen molar-refractivity contribution in [2.45, 2.75) is 20.0 Å². The van der Waals surface area contributed by atoms with Crippen LogP contribution in [-0.4, -0.2) is 36.3 Å². The third kappa shape index (κ3) is 2.61. The van der Waals surface area contributed by atoms with Gasteiger partial charge in [0.25, 0.3) is 0 Å². The van der Waals surface area contributed by atoms with E-state index in [1.807, 2.05) is 13.8 Å². The van der Waals surface area contributed by atoms with Crippen LogP contribution in [0.25, 0.3) is 11.3 Å². The van der Waals surface area contributed by atoms with E-state index in [2.05, 4.69) is 14.9 Å². The lowest BCUT2D eigenvalue weighted by atomic mass is 10.1. The molecule has 0 atom stereocenters. The van der Waals surface area contributed by atoms with Crippen LogP contribution >= 0.6 is 0 Å². The molecule has 1 saturated heterocycles. The Balaban J connectivity index is 2.02. The van der Waals surface area contributed by atoms with E-state index in [4.69, 9.17) is 4.74 Å². The monoisotopic (exact) mass is 287 g/mol. The van der Waals surface area contributed by atoms with Gasteiger partial charge < -0.3 is 9.64 Å². The van der Waals surface area contributed by atoms with Gasteiger partial charge in [-0.3, -0.25) is 0 Å². The molecule has 110 valence electrons. The van der Waals surface area contributed by atoms with E-state index in [0.717, 1.165) is 41.6 Å². The van der Waals surface area contributed by atoms with E-state index in [9.17, 15) is 4.39 Å². The van der Waals surface area contributed by atoms with E-state index in [1.165, 1.54) is 12.1 Å². The summed E-state index contributed by atoms with van der Waals surface area (Å²) < 4.78 is 18.4. The van der Waals surface area contributed by atoms with E-state index >= 15 is 0 Å². The molecule has 0 amide bonds. The maximum atomic E-state index is 13.1. The van der Waals surface area contributed by atoms with Crippen LogP contribution < -0.4 is 4.90 Å². The molecule has 2 heterocycles. The molecule has 0 unspecified atom stereocenters. The van der Waals surface area contributed by atoms with Gasteiger partial charge in [-0.2, -0.15) is 0 Å². The summed E-state index contributed by atoms with van der Waals surface area (Å²) in [5.41, 5.74) is 3.48. The molecule has 3 rings (SSSR count). The number of methoxy groups -OCH3 is 1. The number of nitrogens with zero attached hydrogens (tertiary/aromatic N) is 3. The van der Waals surface area contributed by atoms with Gasteiger partial charge in [0.1, 0.15) is 11.5 Å². The average molecular weight is 287 g/mol. The zero-order valence-corrected chi connectivity index (χ0v) is 12.4. The molecular weight excluding hydrogens is 269 g/mol. The van der Waals surface area contributed by atoms with Crippen molar-refractivity contribution in [2.75, 3.05) is 25.1 Å². The van der Waals surface area contributed by atoms with E-state index in [1.54, 1.807) is 19.2 Å². The SMILES string of the molecule is COC1CN(c2nc(C)c(C)nc2-c2ccc(F)cc2)C1. The van der Waals surface area contributed by atoms with Crippen molar-refractivity contribution in [3.05, 3.63) is 41.5 Å². The Bertz CT molecular complexity index is 651. The van der Waals surface area contributed by atoms with Crippen LogP contribution in [-0.2, 0) is 4.74 Å². The van der Waals surface area contributed by atoms with Gasteiger partial charge in [0.15, 0.2) is 5.82 Å². The van der Waals surface area contributed by atoms with Gasteiger partial charge in [0.2, 0.25) is 0 Å². The van der Waals surface area contributed by atoms with Gasteiger partial charge in [-0.25, -0.2) is 14.4 Å². The van der Waals surface area contributed by atoms with Gasteiger partial charge in [0.05, 0.1) is 17.5 Å². The van der Waals surface area contributed by atoms with Crippen LogP contribution in [0.15, 0.2) is 24.3 Å². The molecule has 0 saturated carbocycles. The van der Waals surface area contributed by atoms with Crippen molar-refractivity contribution in [1.82, 2.24) is 9.97 Å². The highest BCUT2D eigenvalue weighted by Gasteiger charge is 2.30. The number of benzene rings is 1. The van der Waals surface area contributed by atoms with Crippen LogP contribution in [0.3, 0.4) is 0 Å². The molecule has 1 aliphatic rings. The van der Waals surface area contributed by atoms with Crippen molar-refractivity contribution in [3.8, 4) is 11.3 Å². The molecule has 5 heteroatoms. The maximum absolute atomic E-state index is 13.1. The summed E-state index contributed by atoms with van der Waals surface area (Å²) >= 11 is 0. The second-order valence-corrected chi connectivity index (χ2v) is 5.34. The highest BCUT2D eigenvalue weighted by molar-refractivity contribution is 5.73. The number of halogens is 1. The first-order valence-corrected chi connectivity index (χ1v) is 6.97. The molecule has 1 aliphatic heterocycles. The van der Waals surface area contributed by atoms with E-state index in [-0.39, 0.29) is 11.9 Å². The van der Waals surface area contributed by atoms with Crippen molar-refractivity contribution in [3.63, 3.8) is 0 Å². The first-order valence-electron chi connectivity index (χ1n) is 6.97. The molecule has 1 aromatic heterocycles. The average Bonchev–Trinajstić information content (AvgIpc) is 2.42. The number of anilines is 1. The lowest BCUT2D eigenvalue weighted by Gasteiger charge is -2.39. The fourth-order valence-electron chi connectivity index (χ4n) is 2.37. The molecule has 0 spiro atoms. The quantitative estimate of drug-likeness (QED) is 0.870. The van der Waals surface area contributed by atoms with Gasteiger partial charge in [0, 0.05) is 25.8 Å². The molecule has 0 aliphatic carbocycles. The number of rotatable bonds is 3. The third-order valence-corrected chi connectivity index (χ3v) is 3.89. The number of aryl methyl sites for hydroxylation is 2. The minimum atomic E-state index is -0.250. The normalized spacial score (nSPS) is 15.1. The topological polar surface area (TPSA) is 38.2 Å². The molecule has 0 radical (unpaired) electrons. The summed E-state index contributed by atoms with van der Waals surface area (Å²) in [4.78, 5) is 11.5. The zero-order chi connectivity index (χ0) is 15.0. The Morgan fingerprint density at radius 3 is 2.33 bits per heavy atom. The number of hydrogen-bond donors (Lipinski definition) is 0. The molecule has 1 fully saturated rings. The number of ether oxygens (including phenoxy) is 1. The first-order chi connectivity index (χ1) is 10.1. The van der Waals surface area contributed by atoms with Crippen LogP contribution in [0, 0.1) is 19.7 Å². The fraction of sp³-hybridized carbons (Fsp3) is 0.375. The first kappa shape index (κ1) is 13.9. The highest BCUT2D eigenvalue weighted by atomic mass is 19.1. The van der Waals surface area contributed by atoms with Crippen molar-refractivity contribution in [1.29, 1.82) is 0 Å². The summed E-state index contributed by atoms with van der Waals surface area (Å²) in [5, 5.41) is 0. The Labute approximate surface area is 123 Å². The smallest absolute Gasteiger partial charge is 0.155 e.